The second-order valence-corrected chi connectivity index (χ2v) is 7.71. The van der Waals surface area contributed by atoms with Gasteiger partial charge in [-0.15, -0.1) is 0 Å². The van der Waals surface area contributed by atoms with Crippen LogP contribution in [0.1, 0.15) is 35.3 Å². The Hall–Kier alpha value is -2.86. The maximum absolute atomic E-state index is 13.3. The number of nitrogens with one attached hydrogen (secondary N) is 1. The van der Waals surface area contributed by atoms with Gasteiger partial charge in [0, 0.05) is 12.1 Å². The van der Waals surface area contributed by atoms with Crippen LogP contribution in [0.15, 0.2) is 42.7 Å². The Balaban J connectivity index is 1.72. The van der Waals surface area contributed by atoms with E-state index in [-0.39, 0.29) is 17.7 Å². The number of phenolic OH excluding ortho intramolecular Hbond substituents is 1. The van der Waals surface area contributed by atoms with Gasteiger partial charge in [0.25, 0.3) is 5.91 Å². The number of aliphatic hydroxyl groups is 1. The Morgan fingerprint density at radius 3 is 2.81 bits per heavy atom. The van der Waals surface area contributed by atoms with Crippen molar-refractivity contribution in [1.82, 2.24) is 14.9 Å². The first-order chi connectivity index (χ1) is 12.8. The zero-order valence-corrected chi connectivity index (χ0v) is 15.4. The fourth-order valence-electron chi connectivity index (χ4n) is 3.87. The number of carbonyl (C=O) groups is 1. The van der Waals surface area contributed by atoms with Gasteiger partial charge >= 0.3 is 0 Å². The molecule has 0 saturated heterocycles. The highest BCUT2D eigenvalue weighted by atomic mass is 16.3. The Bertz CT molecular complexity index is 1000. The third kappa shape index (κ3) is 3.28. The molecule has 2 aromatic carbocycles. The standard InChI is InChI=1S/C21H23N3O3/c1-21(2,27)19-11-13-3-5-16(25)9-14(13)7-8-24(19)20(26)15-4-6-17-18(10-15)23-12-22-17/h3-6,9-10,12,19,25,27H,7-8,11H2,1-2H3,(H,22,23). The number of benzene rings is 2. The SMILES string of the molecule is CC(C)(O)C1Cc2ccc(O)cc2CCN1C(=O)c1ccc2nc[nH]c2c1. The number of fused-ring (bicyclic) bond motifs is 2. The molecule has 0 spiro atoms. The lowest BCUT2D eigenvalue weighted by atomic mass is 9.90. The van der Waals surface area contributed by atoms with Crippen LogP contribution >= 0.6 is 0 Å². The quantitative estimate of drug-likeness (QED) is 0.651. The summed E-state index contributed by atoms with van der Waals surface area (Å²) >= 11 is 0. The maximum atomic E-state index is 13.3. The molecule has 0 fully saturated rings. The number of imidazole rings is 1. The Labute approximate surface area is 157 Å². The molecule has 1 aliphatic heterocycles. The molecule has 3 aromatic rings. The number of amides is 1. The van der Waals surface area contributed by atoms with Crippen LogP contribution in [-0.4, -0.2) is 49.2 Å². The number of aromatic amines is 1. The molecule has 0 radical (unpaired) electrons. The van der Waals surface area contributed by atoms with E-state index in [4.69, 9.17) is 0 Å². The number of H-pyrrole nitrogens is 1. The second-order valence-electron chi connectivity index (χ2n) is 7.71. The molecule has 3 N–H and O–H groups in total. The molecular weight excluding hydrogens is 342 g/mol. The fourth-order valence-corrected chi connectivity index (χ4v) is 3.87. The monoisotopic (exact) mass is 365 g/mol. The van der Waals surface area contributed by atoms with Crippen LogP contribution in [-0.2, 0) is 12.8 Å². The zero-order chi connectivity index (χ0) is 19.2. The van der Waals surface area contributed by atoms with Gasteiger partial charge in [0.05, 0.1) is 29.0 Å². The van der Waals surface area contributed by atoms with Crippen molar-refractivity contribution in [3.05, 3.63) is 59.4 Å². The molecule has 0 saturated carbocycles. The first kappa shape index (κ1) is 17.5. The molecule has 1 unspecified atom stereocenters. The first-order valence-corrected chi connectivity index (χ1v) is 9.10. The van der Waals surface area contributed by atoms with Gasteiger partial charge in [0.15, 0.2) is 0 Å². The molecule has 1 atom stereocenters. The van der Waals surface area contributed by atoms with Crippen LogP contribution in [0.5, 0.6) is 5.75 Å². The molecule has 6 heteroatoms. The smallest absolute Gasteiger partial charge is 0.254 e. The van der Waals surface area contributed by atoms with Gasteiger partial charge in [-0.2, -0.15) is 0 Å². The summed E-state index contributed by atoms with van der Waals surface area (Å²) in [5, 5.41) is 20.6. The Morgan fingerprint density at radius 1 is 1.22 bits per heavy atom. The summed E-state index contributed by atoms with van der Waals surface area (Å²) in [6.07, 6.45) is 2.78. The van der Waals surface area contributed by atoms with Gasteiger partial charge in [0.2, 0.25) is 0 Å². The van der Waals surface area contributed by atoms with Crippen molar-refractivity contribution in [2.75, 3.05) is 6.54 Å². The predicted molar refractivity (Wildman–Crippen MR) is 103 cm³/mol. The van der Waals surface area contributed by atoms with Gasteiger partial charge in [-0.25, -0.2) is 4.98 Å². The first-order valence-electron chi connectivity index (χ1n) is 9.10. The number of aromatic hydroxyl groups is 1. The summed E-state index contributed by atoms with van der Waals surface area (Å²) < 4.78 is 0. The normalized spacial score (nSPS) is 17.6. The molecule has 140 valence electrons. The molecule has 6 nitrogen and oxygen atoms in total. The topological polar surface area (TPSA) is 89.4 Å². The van der Waals surface area contributed by atoms with Crippen LogP contribution in [0.3, 0.4) is 0 Å². The summed E-state index contributed by atoms with van der Waals surface area (Å²) in [7, 11) is 0. The van der Waals surface area contributed by atoms with Gasteiger partial charge in [-0.05, 0) is 68.1 Å². The number of hydrogen-bond acceptors (Lipinski definition) is 4. The average Bonchev–Trinajstić information content (AvgIpc) is 3.00. The van der Waals surface area contributed by atoms with Gasteiger partial charge in [-0.3, -0.25) is 4.79 Å². The van der Waals surface area contributed by atoms with Crippen molar-refractivity contribution in [2.45, 2.75) is 38.3 Å². The number of phenols is 1. The van der Waals surface area contributed by atoms with E-state index >= 15 is 0 Å². The molecule has 1 amide bonds. The average molecular weight is 365 g/mol. The molecule has 27 heavy (non-hydrogen) atoms. The number of nitrogens with zero attached hydrogens (tertiary/aromatic N) is 2. The van der Waals surface area contributed by atoms with Crippen molar-refractivity contribution >= 4 is 16.9 Å². The van der Waals surface area contributed by atoms with E-state index in [1.807, 2.05) is 12.1 Å². The lowest BCUT2D eigenvalue weighted by Crippen LogP contribution is -2.53. The van der Waals surface area contributed by atoms with Crippen LogP contribution in [0.4, 0.5) is 0 Å². The molecule has 4 rings (SSSR count). The minimum Gasteiger partial charge on any atom is -0.508 e. The molecule has 2 heterocycles. The second kappa shape index (κ2) is 6.39. The molecular formula is C21H23N3O3. The predicted octanol–water partition coefficient (Wildman–Crippen LogP) is 2.65. The van der Waals surface area contributed by atoms with E-state index in [0.717, 1.165) is 22.2 Å². The van der Waals surface area contributed by atoms with E-state index in [9.17, 15) is 15.0 Å². The van der Waals surface area contributed by atoms with Crippen molar-refractivity contribution in [2.24, 2.45) is 0 Å². The largest absolute Gasteiger partial charge is 0.508 e. The third-order valence-corrected chi connectivity index (χ3v) is 5.34. The van der Waals surface area contributed by atoms with Gasteiger partial charge in [0.1, 0.15) is 5.75 Å². The summed E-state index contributed by atoms with van der Waals surface area (Å²) in [5.74, 6) is 0.105. The van der Waals surface area contributed by atoms with Crippen LogP contribution in [0.25, 0.3) is 11.0 Å². The number of hydrogen-bond donors (Lipinski definition) is 3. The number of aromatic nitrogens is 2. The molecule has 0 aliphatic carbocycles. The lowest BCUT2D eigenvalue weighted by Gasteiger charge is -2.38. The highest BCUT2D eigenvalue weighted by Crippen LogP contribution is 2.29. The zero-order valence-electron chi connectivity index (χ0n) is 15.4. The summed E-state index contributed by atoms with van der Waals surface area (Å²) in [4.78, 5) is 22.3. The molecule has 0 bridgehead atoms. The molecule has 1 aromatic heterocycles. The van der Waals surface area contributed by atoms with E-state index in [1.165, 1.54) is 0 Å². The van der Waals surface area contributed by atoms with Gasteiger partial charge < -0.3 is 20.1 Å². The van der Waals surface area contributed by atoms with E-state index in [2.05, 4.69) is 9.97 Å². The Kier molecular flexibility index (Phi) is 4.15. The minimum absolute atomic E-state index is 0.115. The Morgan fingerprint density at radius 2 is 2.04 bits per heavy atom. The van der Waals surface area contributed by atoms with E-state index < -0.39 is 5.60 Å². The lowest BCUT2D eigenvalue weighted by molar-refractivity contribution is -0.0122. The van der Waals surface area contributed by atoms with Crippen molar-refractivity contribution in [3.63, 3.8) is 0 Å². The van der Waals surface area contributed by atoms with Crippen LogP contribution < -0.4 is 0 Å². The molecule has 1 aliphatic rings. The van der Waals surface area contributed by atoms with Crippen molar-refractivity contribution in [1.29, 1.82) is 0 Å². The van der Waals surface area contributed by atoms with Crippen LogP contribution in [0.2, 0.25) is 0 Å². The van der Waals surface area contributed by atoms with Crippen LogP contribution in [0, 0.1) is 0 Å². The van der Waals surface area contributed by atoms with Gasteiger partial charge in [-0.1, -0.05) is 6.07 Å². The summed E-state index contributed by atoms with van der Waals surface area (Å²) in [6, 6.07) is 10.3. The summed E-state index contributed by atoms with van der Waals surface area (Å²) in [5.41, 5.74) is 3.19. The number of carbonyl (C=O) groups excluding carboxylic acids is 1. The minimum atomic E-state index is -1.06. The fraction of sp³-hybridized carbons (Fsp3) is 0.333. The van der Waals surface area contributed by atoms with E-state index in [1.54, 1.807) is 49.3 Å². The third-order valence-electron chi connectivity index (χ3n) is 5.34. The highest BCUT2D eigenvalue weighted by molar-refractivity contribution is 5.97. The number of rotatable bonds is 2. The highest BCUT2D eigenvalue weighted by Gasteiger charge is 2.37. The summed E-state index contributed by atoms with van der Waals surface area (Å²) in [6.45, 7) is 3.95. The maximum Gasteiger partial charge on any atom is 0.254 e. The van der Waals surface area contributed by atoms with Crippen molar-refractivity contribution < 1.29 is 15.0 Å². The van der Waals surface area contributed by atoms with E-state index in [0.29, 0.717) is 24.9 Å². The van der Waals surface area contributed by atoms with Crippen molar-refractivity contribution in [3.8, 4) is 5.75 Å².